The Kier molecular flexibility index (Phi) is 7.07. The van der Waals surface area contributed by atoms with Crippen LogP contribution in [0.3, 0.4) is 0 Å². The third-order valence-corrected chi connectivity index (χ3v) is 7.41. The lowest BCUT2D eigenvalue weighted by Crippen LogP contribution is -2.44. The number of ether oxygens (including phenoxy) is 1. The van der Waals surface area contributed by atoms with Gasteiger partial charge in [0.2, 0.25) is 10.0 Å². The minimum Gasteiger partial charge on any atom is -0.425 e. The van der Waals surface area contributed by atoms with Crippen molar-refractivity contribution >= 4 is 38.6 Å². The highest BCUT2D eigenvalue weighted by Crippen LogP contribution is 2.26. The van der Waals surface area contributed by atoms with E-state index < -0.39 is 27.7 Å². The lowest BCUT2D eigenvalue weighted by Gasteiger charge is -2.18. The molecule has 9 heteroatoms. The smallest absolute Gasteiger partial charge is 0.355 e. The van der Waals surface area contributed by atoms with Gasteiger partial charge in [-0.15, -0.1) is 0 Å². The van der Waals surface area contributed by atoms with Gasteiger partial charge in [-0.1, -0.05) is 59.6 Å². The molecule has 4 aromatic rings. The van der Waals surface area contributed by atoms with Crippen LogP contribution in [0.1, 0.15) is 16.7 Å². The Labute approximate surface area is 207 Å². The molecule has 0 saturated carbocycles. The van der Waals surface area contributed by atoms with Gasteiger partial charge in [0.25, 0.3) is 0 Å². The average molecular weight is 512 g/mol. The first-order valence-electron chi connectivity index (χ1n) is 10.7. The molecule has 0 fully saturated rings. The predicted molar refractivity (Wildman–Crippen MR) is 133 cm³/mol. The summed E-state index contributed by atoms with van der Waals surface area (Å²) >= 11 is 5.96. The SMILES string of the molecule is Cc1ccc(S(=O)(=O)N[C@@H](Cc2ccccc2)C(=O)Oc2ccc3c(C)c(Cl)c(=O)oc3c2)cc1. The van der Waals surface area contributed by atoms with Crippen LogP contribution in [0.25, 0.3) is 11.0 Å². The molecule has 0 aliphatic carbocycles. The molecule has 0 bridgehead atoms. The lowest BCUT2D eigenvalue weighted by molar-refractivity contribution is -0.136. The third kappa shape index (κ3) is 5.62. The molecule has 0 aliphatic heterocycles. The van der Waals surface area contributed by atoms with Crippen molar-refractivity contribution in [3.63, 3.8) is 0 Å². The molecule has 1 heterocycles. The van der Waals surface area contributed by atoms with Crippen LogP contribution in [0.4, 0.5) is 0 Å². The van der Waals surface area contributed by atoms with Crippen molar-refractivity contribution in [2.45, 2.75) is 31.2 Å². The van der Waals surface area contributed by atoms with Gasteiger partial charge in [0.15, 0.2) is 0 Å². The normalized spacial score (nSPS) is 12.4. The molecule has 0 unspecified atom stereocenters. The first kappa shape index (κ1) is 24.7. The van der Waals surface area contributed by atoms with E-state index in [2.05, 4.69) is 4.72 Å². The van der Waals surface area contributed by atoms with E-state index in [-0.39, 0.29) is 27.7 Å². The minimum absolute atomic E-state index is 0.0179. The van der Waals surface area contributed by atoms with Gasteiger partial charge in [-0.05, 0) is 55.7 Å². The molecule has 0 saturated heterocycles. The van der Waals surface area contributed by atoms with Gasteiger partial charge < -0.3 is 9.15 Å². The van der Waals surface area contributed by atoms with Gasteiger partial charge in [0.1, 0.15) is 22.4 Å². The van der Waals surface area contributed by atoms with Gasteiger partial charge in [-0.25, -0.2) is 18.0 Å². The fraction of sp³-hybridized carbons (Fsp3) is 0.154. The molecule has 1 aromatic heterocycles. The number of halogens is 1. The van der Waals surface area contributed by atoms with Crippen LogP contribution < -0.4 is 15.1 Å². The van der Waals surface area contributed by atoms with Crippen molar-refractivity contribution in [2.75, 3.05) is 0 Å². The van der Waals surface area contributed by atoms with Crippen molar-refractivity contribution in [3.8, 4) is 5.75 Å². The fourth-order valence-electron chi connectivity index (χ4n) is 3.56. The highest BCUT2D eigenvalue weighted by molar-refractivity contribution is 7.89. The zero-order chi connectivity index (χ0) is 25.2. The Balaban J connectivity index is 1.64. The van der Waals surface area contributed by atoms with Crippen LogP contribution in [0.2, 0.25) is 5.02 Å². The maximum absolute atomic E-state index is 13.1. The molecule has 35 heavy (non-hydrogen) atoms. The predicted octanol–water partition coefficient (Wildman–Crippen LogP) is 4.56. The average Bonchev–Trinajstić information content (AvgIpc) is 2.83. The molecule has 1 N–H and O–H groups in total. The summed E-state index contributed by atoms with van der Waals surface area (Å²) in [5.41, 5.74) is 1.69. The Hall–Kier alpha value is -3.46. The minimum atomic E-state index is -4.01. The number of aryl methyl sites for hydroxylation is 2. The maximum atomic E-state index is 13.1. The summed E-state index contributed by atoms with van der Waals surface area (Å²) in [5, 5.41) is 0.575. The molecule has 0 spiro atoms. The number of rotatable bonds is 7. The highest BCUT2D eigenvalue weighted by atomic mass is 35.5. The standard InChI is InChI=1S/C26H22ClNO6S/c1-16-8-11-20(12-9-16)35(31,32)28-22(14-18-6-4-3-5-7-18)25(29)33-19-10-13-21-17(2)24(27)26(30)34-23(21)15-19/h3-13,15,22,28H,14H2,1-2H3/t22-/m0/s1. The summed E-state index contributed by atoms with van der Waals surface area (Å²) in [4.78, 5) is 25.1. The molecule has 1 atom stereocenters. The Bertz CT molecular complexity index is 1550. The summed E-state index contributed by atoms with van der Waals surface area (Å²) in [5.74, 6) is -0.711. The summed E-state index contributed by atoms with van der Waals surface area (Å²) in [6, 6.07) is 18.6. The topological polar surface area (TPSA) is 103 Å². The largest absolute Gasteiger partial charge is 0.425 e. The highest BCUT2D eigenvalue weighted by Gasteiger charge is 2.28. The summed E-state index contributed by atoms with van der Waals surface area (Å²) in [6.07, 6.45) is 0.0716. The number of carbonyl (C=O) groups excluding carboxylic acids is 1. The number of hydrogen-bond acceptors (Lipinski definition) is 6. The maximum Gasteiger partial charge on any atom is 0.355 e. The zero-order valence-electron chi connectivity index (χ0n) is 18.9. The first-order valence-corrected chi connectivity index (χ1v) is 12.6. The van der Waals surface area contributed by atoms with Crippen molar-refractivity contribution in [1.29, 1.82) is 0 Å². The van der Waals surface area contributed by atoms with Crippen LogP contribution in [-0.4, -0.2) is 20.4 Å². The second kappa shape index (κ2) is 10.0. The van der Waals surface area contributed by atoms with Crippen molar-refractivity contribution in [1.82, 2.24) is 4.72 Å². The second-order valence-corrected chi connectivity index (χ2v) is 10.2. The van der Waals surface area contributed by atoms with Crippen LogP contribution in [0, 0.1) is 13.8 Å². The number of sulfonamides is 1. The van der Waals surface area contributed by atoms with Crippen LogP contribution in [-0.2, 0) is 21.2 Å². The molecule has 0 aliphatic rings. The first-order chi connectivity index (χ1) is 16.6. The van der Waals surface area contributed by atoms with Crippen LogP contribution in [0.15, 0.2) is 86.9 Å². The molecule has 0 radical (unpaired) electrons. The molecular formula is C26H22ClNO6S. The van der Waals surface area contributed by atoms with E-state index in [0.29, 0.717) is 10.9 Å². The van der Waals surface area contributed by atoms with E-state index in [9.17, 15) is 18.0 Å². The van der Waals surface area contributed by atoms with Crippen LogP contribution in [0.5, 0.6) is 5.75 Å². The molecule has 3 aromatic carbocycles. The van der Waals surface area contributed by atoms with E-state index in [0.717, 1.165) is 11.1 Å². The van der Waals surface area contributed by atoms with Gasteiger partial charge in [-0.2, -0.15) is 4.72 Å². The van der Waals surface area contributed by atoms with E-state index in [1.807, 2.05) is 13.0 Å². The van der Waals surface area contributed by atoms with Gasteiger partial charge in [0, 0.05) is 11.5 Å². The van der Waals surface area contributed by atoms with E-state index in [1.54, 1.807) is 49.4 Å². The number of fused-ring (bicyclic) bond motifs is 1. The molecule has 0 amide bonds. The zero-order valence-corrected chi connectivity index (χ0v) is 20.5. The fourth-order valence-corrected chi connectivity index (χ4v) is 4.88. The summed E-state index contributed by atoms with van der Waals surface area (Å²) < 4.78 is 39.2. The molecule has 4 rings (SSSR count). The number of benzene rings is 3. The van der Waals surface area contributed by atoms with Gasteiger partial charge >= 0.3 is 11.6 Å². The second-order valence-electron chi connectivity index (χ2n) is 8.08. The Morgan fingerprint density at radius 1 is 1.03 bits per heavy atom. The van der Waals surface area contributed by atoms with E-state index >= 15 is 0 Å². The van der Waals surface area contributed by atoms with E-state index in [1.165, 1.54) is 24.3 Å². The van der Waals surface area contributed by atoms with Crippen molar-refractivity contribution in [3.05, 3.63) is 105 Å². The van der Waals surface area contributed by atoms with E-state index in [4.69, 9.17) is 20.8 Å². The molecular weight excluding hydrogens is 490 g/mol. The summed E-state index contributed by atoms with van der Waals surface area (Å²) in [6.45, 7) is 3.53. The summed E-state index contributed by atoms with van der Waals surface area (Å²) in [7, 11) is -4.01. The number of hydrogen-bond donors (Lipinski definition) is 1. The monoisotopic (exact) mass is 511 g/mol. The number of carbonyl (C=O) groups is 1. The van der Waals surface area contributed by atoms with Crippen molar-refractivity contribution < 1.29 is 22.4 Å². The quantitative estimate of drug-likeness (QED) is 0.222. The Morgan fingerprint density at radius 3 is 2.40 bits per heavy atom. The Morgan fingerprint density at radius 2 is 1.71 bits per heavy atom. The van der Waals surface area contributed by atoms with Crippen molar-refractivity contribution in [2.24, 2.45) is 0 Å². The molecule has 180 valence electrons. The van der Waals surface area contributed by atoms with Crippen LogP contribution >= 0.6 is 11.6 Å². The van der Waals surface area contributed by atoms with Gasteiger partial charge in [-0.3, -0.25) is 0 Å². The lowest BCUT2D eigenvalue weighted by atomic mass is 10.1. The van der Waals surface area contributed by atoms with Gasteiger partial charge in [0.05, 0.1) is 4.90 Å². The number of nitrogens with one attached hydrogen (secondary N) is 1. The number of esters is 1. The third-order valence-electron chi connectivity index (χ3n) is 5.48. The molecule has 7 nitrogen and oxygen atoms in total.